The van der Waals surface area contributed by atoms with Gasteiger partial charge < -0.3 is 4.42 Å². The monoisotopic (exact) mass is 385 g/mol. The van der Waals surface area contributed by atoms with Crippen LogP contribution in [0.25, 0.3) is 22.1 Å². The summed E-state index contributed by atoms with van der Waals surface area (Å²) in [6, 6.07) is 22.7. The van der Waals surface area contributed by atoms with Crippen molar-refractivity contribution in [2.75, 3.05) is 0 Å². The molecule has 1 amide bonds. The Hall–Kier alpha value is -4.26. The third kappa shape index (κ3) is 4.03. The first-order valence-corrected chi connectivity index (χ1v) is 8.77. The summed E-state index contributed by atoms with van der Waals surface area (Å²) < 4.78 is 5.63. The van der Waals surface area contributed by atoms with E-state index in [4.69, 9.17) is 4.42 Å². The Morgan fingerprint density at radius 3 is 2.62 bits per heavy atom. The lowest BCUT2D eigenvalue weighted by Crippen LogP contribution is -2.17. The van der Waals surface area contributed by atoms with Crippen molar-refractivity contribution in [1.29, 1.82) is 0 Å². The number of hydrogen-bond acceptors (Lipinski definition) is 5. The lowest BCUT2D eigenvalue weighted by Gasteiger charge is -2.02. The van der Waals surface area contributed by atoms with Crippen LogP contribution >= 0.6 is 0 Å². The van der Waals surface area contributed by atoms with E-state index in [1.165, 1.54) is 18.3 Å². The minimum absolute atomic E-state index is 0.0169. The van der Waals surface area contributed by atoms with E-state index in [2.05, 4.69) is 10.5 Å². The average Bonchev–Trinajstić information content (AvgIpc) is 3.22. The highest BCUT2D eigenvalue weighted by molar-refractivity contribution is 5.98. The van der Waals surface area contributed by atoms with E-state index in [1.54, 1.807) is 36.4 Å². The molecule has 0 aliphatic carbocycles. The largest absolute Gasteiger partial charge is 0.455 e. The lowest BCUT2D eigenvalue weighted by atomic mass is 10.1. The molecule has 29 heavy (non-hydrogen) atoms. The lowest BCUT2D eigenvalue weighted by molar-refractivity contribution is -0.384. The van der Waals surface area contributed by atoms with Crippen molar-refractivity contribution in [3.8, 4) is 11.3 Å². The third-order valence-electron chi connectivity index (χ3n) is 4.34. The van der Waals surface area contributed by atoms with Crippen molar-refractivity contribution in [3.63, 3.8) is 0 Å². The average molecular weight is 385 g/mol. The van der Waals surface area contributed by atoms with Crippen LogP contribution in [-0.4, -0.2) is 17.0 Å². The number of hydrogen-bond donors (Lipinski definition) is 1. The summed E-state index contributed by atoms with van der Waals surface area (Å²) in [5, 5.41) is 16.8. The molecule has 3 aromatic carbocycles. The summed E-state index contributed by atoms with van der Waals surface area (Å²) >= 11 is 0. The first-order valence-electron chi connectivity index (χ1n) is 8.77. The molecule has 0 aliphatic rings. The minimum Gasteiger partial charge on any atom is -0.455 e. The van der Waals surface area contributed by atoms with Crippen molar-refractivity contribution in [1.82, 2.24) is 5.43 Å². The molecule has 0 radical (unpaired) electrons. The molecule has 0 aliphatic heterocycles. The molecule has 7 heteroatoms. The highest BCUT2D eigenvalue weighted by Crippen LogP contribution is 2.25. The maximum atomic E-state index is 12.3. The predicted molar refractivity (Wildman–Crippen MR) is 110 cm³/mol. The van der Waals surface area contributed by atoms with Gasteiger partial charge in [0, 0.05) is 23.3 Å². The smallest absolute Gasteiger partial charge is 0.271 e. The zero-order valence-corrected chi connectivity index (χ0v) is 15.1. The number of non-ortho nitro benzene ring substituents is 1. The maximum Gasteiger partial charge on any atom is 0.271 e. The highest BCUT2D eigenvalue weighted by Gasteiger charge is 2.10. The van der Waals surface area contributed by atoms with Gasteiger partial charge in [-0.1, -0.05) is 42.5 Å². The fourth-order valence-electron chi connectivity index (χ4n) is 2.90. The highest BCUT2D eigenvalue weighted by atomic mass is 16.6. The summed E-state index contributed by atoms with van der Waals surface area (Å²) in [4.78, 5) is 22.7. The molecule has 0 saturated heterocycles. The number of nitro groups is 1. The second-order valence-corrected chi connectivity index (χ2v) is 6.27. The van der Waals surface area contributed by atoms with Gasteiger partial charge in [-0.3, -0.25) is 14.9 Å². The topological polar surface area (TPSA) is 97.7 Å². The molecule has 1 heterocycles. The molecule has 0 saturated carbocycles. The normalized spacial score (nSPS) is 11.0. The van der Waals surface area contributed by atoms with E-state index in [-0.39, 0.29) is 11.6 Å². The van der Waals surface area contributed by atoms with Gasteiger partial charge >= 0.3 is 0 Å². The van der Waals surface area contributed by atoms with Crippen LogP contribution in [0, 0.1) is 10.1 Å². The number of fused-ring (bicyclic) bond motifs is 1. The summed E-state index contributed by atoms with van der Waals surface area (Å²) in [7, 11) is 0. The standard InChI is InChI=1S/C22H15N3O4/c26-22(18-9-8-15-4-1-2-5-16(15)12-18)24-23-14-20-10-11-21(29-20)17-6-3-7-19(13-17)25(27)28/h1-14H,(H,24,26)/b23-14+. The van der Waals surface area contributed by atoms with E-state index >= 15 is 0 Å². The van der Waals surface area contributed by atoms with Crippen LogP contribution in [0.1, 0.15) is 16.1 Å². The molecular weight excluding hydrogens is 370 g/mol. The number of amides is 1. The van der Waals surface area contributed by atoms with E-state index < -0.39 is 4.92 Å². The number of nitro benzene ring substituents is 1. The number of nitrogens with zero attached hydrogens (tertiary/aromatic N) is 2. The molecule has 7 nitrogen and oxygen atoms in total. The molecule has 0 fully saturated rings. The quantitative estimate of drug-likeness (QED) is 0.304. The Bertz CT molecular complexity index is 1240. The van der Waals surface area contributed by atoms with Gasteiger partial charge in [-0.2, -0.15) is 5.10 Å². The van der Waals surface area contributed by atoms with Crippen LogP contribution in [0.2, 0.25) is 0 Å². The molecule has 1 N–H and O–H groups in total. The van der Waals surface area contributed by atoms with Crippen LogP contribution < -0.4 is 5.43 Å². The fraction of sp³-hybridized carbons (Fsp3) is 0. The van der Waals surface area contributed by atoms with Gasteiger partial charge in [0.05, 0.1) is 11.1 Å². The number of furan rings is 1. The molecule has 0 unspecified atom stereocenters. The number of nitrogens with one attached hydrogen (secondary N) is 1. The van der Waals surface area contributed by atoms with Crippen molar-refractivity contribution in [3.05, 3.63) is 100 Å². The summed E-state index contributed by atoms with van der Waals surface area (Å²) in [5.74, 6) is 0.541. The number of hydrazone groups is 1. The Labute approximate surface area is 165 Å². The molecule has 142 valence electrons. The second kappa shape index (κ2) is 7.77. The molecule has 0 bridgehead atoms. The van der Waals surface area contributed by atoms with E-state index in [9.17, 15) is 14.9 Å². The number of carbonyl (C=O) groups is 1. The van der Waals surface area contributed by atoms with E-state index in [0.717, 1.165) is 10.8 Å². The van der Waals surface area contributed by atoms with Crippen molar-refractivity contribution >= 4 is 28.6 Å². The molecular formula is C22H15N3O4. The summed E-state index contributed by atoms with van der Waals surface area (Å²) in [6.45, 7) is 0. The SMILES string of the molecule is O=C(N/N=C/c1ccc(-c2cccc([N+](=O)[O-])c2)o1)c1ccc2ccccc2c1. The predicted octanol–water partition coefficient (Wildman–Crippen LogP) is 4.77. The maximum absolute atomic E-state index is 12.3. The Morgan fingerprint density at radius 1 is 0.966 bits per heavy atom. The van der Waals surface area contributed by atoms with Crippen molar-refractivity contribution in [2.24, 2.45) is 5.10 Å². The van der Waals surface area contributed by atoms with Gasteiger partial charge in [-0.25, -0.2) is 5.43 Å². The number of benzene rings is 3. The van der Waals surface area contributed by atoms with Gasteiger partial charge in [-0.05, 0) is 35.0 Å². The van der Waals surface area contributed by atoms with Gasteiger partial charge in [0.1, 0.15) is 11.5 Å². The Kier molecular flexibility index (Phi) is 4.86. The Morgan fingerprint density at radius 2 is 1.79 bits per heavy atom. The molecule has 4 aromatic rings. The second-order valence-electron chi connectivity index (χ2n) is 6.27. The van der Waals surface area contributed by atoms with Gasteiger partial charge in [-0.15, -0.1) is 0 Å². The first-order chi connectivity index (χ1) is 14.1. The van der Waals surface area contributed by atoms with Crippen molar-refractivity contribution in [2.45, 2.75) is 0 Å². The summed E-state index contributed by atoms with van der Waals surface area (Å²) in [6.07, 6.45) is 1.37. The van der Waals surface area contributed by atoms with Gasteiger partial charge in [0.15, 0.2) is 0 Å². The van der Waals surface area contributed by atoms with Crippen LogP contribution in [0.4, 0.5) is 5.69 Å². The number of carbonyl (C=O) groups excluding carboxylic acids is 1. The third-order valence-corrected chi connectivity index (χ3v) is 4.34. The van der Waals surface area contributed by atoms with Crippen LogP contribution in [0.15, 0.2) is 88.4 Å². The molecule has 0 atom stereocenters. The van der Waals surface area contributed by atoms with Crippen LogP contribution in [0.3, 0.4) is 0 Å². The Balaban J connectivity index is 1.45. The van der Waals surface area contributed by atoms with E-state index in [0.29, 0.717) is 22.6 Å². The zero-order valence-electron chi connectivity index (χ0n) is 15.1. The first kappa shape index (κ1) is 18.1. The van der Waals surface area contributed by atoms with Crippen LogP contribution in [-0.2, 0) is 0 Å². The zero-order chi connectivity index (χ0) is 20.2. The molecule has 0 spiro atoms. The van der Waals surface area contributed by atoms with Gasteiger partial charge in [0.25, 0.3) is 11.6 Å². The molecule has 1 aromatic heterocycles. The van der Waals surface area contributed by atoms with E-state index in [1.807, 2.05) is 30.3 Å². The number of rotatable bonds is 5. The molecule has 4 rings (SSSR count). The fourth-order valence-corrected chi connectivity index (χ4v) is 2.90. The van der Waals surface area contributed by atoms with Crippen LogP contribution in [0.5, 0.6) is 0 Å². The van der Waals surface area contributed by atoms with Crippen molar-refractivity contribution < 1.29 is 14.1 Å². The van der Waals surface area contributed by atoms with Gasteiger partial charge in [0.2, 0.25) is 0 Å². The summed E-state index contributed by atoms with van der Waals surface area (Å²) in [5.41, 5.74) is 3.53. The minimum atomic E-state index is -0.461.